The Balaban J connectivity index is 1.95. The van der Waals surface area contributed by atoms with E-state index in [-0.39, 0.29) is 12.1 Å². The van der Waals surface area contributed by atoms with Crippen molar-refractivity contribution < 1.29 is 23.7 Å². The van der Waals surface area contributed by atoms with Gasteiger partial charge in [-0.05, 0) is 50.2 Å². The van der Waals surface area contributed by atoms with E-state index in [0.717, 1.165) is 18.4 Å². The van der Waals surface area contributed by atoms with Crippen LogP contribution in [0.15, 0.2) is 36.4 Å². The van der Waals surface area contributed by atoms with Crippen molar-refractivity contribution in [3.63, 3.8) is 0 Å². The number of aryl methyl sites for hydroxylation is 1. The summed E-state index contributed by atoms with van der Waals surface area (Å²) in [5, 5.41) is 0. The number of nitrogens with zero attached hydrogens (tertiary/aromatic N) is 1. The summed E-state index contributed by atoms with van der Waals surface area (Å²) in [6, 6.07) is 11.5. The molecule has 0 aromatic heterocycles. The predicted molar refractivity (Wildman–Crippen MR) is 106 cm³/mol. The van der Waals surface area contributed by atoms with Crippen LogP contribution in [0.5, 0.6) is 17.2 Å². The molecule has 0 aliphatic heterocycles. The van der Waals surface area contributed by atoms with E-state index in [0.29, 0.717) is 22.8 Å². The van der Waals surface area contributed by atoms with Gasteiger partial charge in [0.1, 0.15) is 6.10 Å². The van der Waals surface area contributed by atoms with Crippen molar-refractivity contribution in [1.29, 1.82) is 0 Å². The Bertz CT molecular complexity index is 824. The van der Waals surface area contributed by atoms with E-state index >= 15 is 0 Å². The molecule has 0 N–H and O–H groups in total. The summed E-state index contributed by atoms with van der Waals surface area (Å²) in [5.74, 6) is 0.854. The first-order chi connectivity index (χ1) is 13.5. The van der Waals surface area contributed by atoms with Gasteiger partial charge < -0.3 is 23.8 Å². The molecule has 0 fully saturated rings. The first-order valence-corrected chi connectivity index (χ1v) is 9.25. The van der Waals surface area contributed by atoms with Gasteiger partial charge in [0.15, 0.2) is 11.5 Å². The molecule has 0 bridgehead atoms. The monoisotopic (exact) mass is 385 g/mol. The Morgan fingerprint density at radius 3 is 2.21 bits per heavy atom. The van der Waals surface area contributed by atoms with Gasteiger partial charge in [-0.25, -0.2) is 4.79 Å². The molecule has 150 valence electrons. The Morgan fingerprint density at radius 1 is 1.00 bits per heavy atom. The van der Waals surface area contributed by atoms with Gasteiger partial charge in [-0.1, -0.05) is 24.3 Å². The maximum Gasteiger partial charge on any atom is 0.339 e. The number of likely N-dealkylation sites (N-methyl/N-ethyl adjacent to an activating group) is 1. The van der Waals surface area contributed by atoms with E-state index in [2.05, 4.69) is 11.0 Å². The highest BCUT2D eigenvalue weighted by Crippen LogP contribution is 2.40. The first kappa shape index (κ1) is 20.0. The predicted octanol–water partition coefficient (Wildman–Crippen LogP) is 3.49. The number of rotatable bonds is 6. The molecule has 0 amide bonds. The number of hydrogen-bond acceptors (Lipinski definition) is 6. The Hall–Kier alpha value is -2.73. The lowest BCUT2D eigenvalue weighted by atomic mass is 9.85. The normalized spacial score (nSPS) is 18.4. The number of ether oxygens (including phenoxy) is 4. The van der Waals surface area contributed by atoms with E-state index in [1.807, 2.05) is 32.3 Å². The minimum Gasteiger partial charge on any atom is -0.493 e. The van der Waals surface area contributed by atoms with E-state index in [9.17, 15) is 4.79 Å². The summed E-state index contributed by atoms with van der Waals surface area (Å²) < 4.78 is 22.1. The van der Waals surface area contributed by atoms with Crippen molar-refractivity contribution in [2.24, 2.45) is 0 Å². The lowest BCUT2D eigenvalue weighted by molar-refractivity contribution is 0.000555. The van der Waals surface area contributed by atoms with Gasteiger partial charge in [0.2, 0.25) is 5.75 Å². The number of benzene rings is 2. The molecule has 0 spiro atoms. The SMILES string of the molecule is COc1cc(C(=O)O[C@H]2c3ccccc3CC[C@H]2N(C)C)cc(OC)c1OC. The summed E-state index contributed by atoms with van der Waals surface area (Å²) in [4.78, 5) is 15.1. The molecular formula is C22H27NO5. The third-order valence-electron chi connectivity index (χ3n) is 5.22. The highest BCUT2D eigenvalue weighted by atomic mass is 16.5. The zero-order valence-corrected chi connectivity index (χ0v) is 17.0. The van der Waals surface area contributed by atoms with Gasteiger partial charge in [0, 0.05) is 0 Å². The molecule has 6 heteroatoms. The van der Waals surface area contributed by atoms with Gasteiger partial charge >= 0.3 is 5.97 Å². The smallest absolute Gasteiger partial charge is 0.339 e. The second-order valence-corrected chi connectivity index (χ2v) is 7.01. The third kappa shape index (κ3) is 3.78. The molecule has 1 aliphatic rings. The minimum absolute atomic E-state index is 0.112. The van der Waals surface area contributed by atoms with Crippen LogP contribution in [0.1, 0.15) is 34.0 Å². The van der Waals surface area contributed by atoms with Gasteiger partial charge in [-0.2, -0.15) is 0 Å². The Morgan fingerprint density at radius 2 is 1.64 bits per heavy atom. The molecule has 0 unspecified atom stereocenters. The number of carbonyl (C=O) groups is 1. The highest BCUT2D eigenvalue weighted by Gasteiger charge is 2.34. The van der Waals surface area contributed by atoms with Gasteiger partial charge in [0.05, 0.1) is 32.9 Å². The standard InChI is InChI=1S/C22H27NO5/c1-23(2)17-11-10-14-8-6-7-9-16(14)20(17)28-22(24)15-12-18(25-3)21(27-5)19(13-15)26-4/h6-9,12-13,17,20H,10-11H2,1-5H3/t17-,20+/m1/s1. The molecule has 3 rings (SSSR count). The molecular weight excluding hydrogens is 358 g/mol. The van der Waals surface area contributed by atoms with Crippen LogP contribution in [-0.2, 0) is 11.2 Å². The second-order valence-electron chi connectivity index (χ2n) is 7.01. The lowest BCUT2D eigenvalue weighted by Gasteiger charge is -2.37. The van der Waals surface area contributed by atoms with E-state index in [4.69, 9.17) is 18.9 Å². The fourth-order valence-electron chi connectivity index (χ4n) is 3.75. The molecule has 2 atom stereocenters. The zero-order valence-electron chi connectivity index (χ0n) is 17.0. The fraction of sp³-hybridized carbons (Fsp3) is 0.409. The average molecular weight is 385 g/mol. The maximum absolute atomic E-state index is 13.0. The Labute approximate surface area is 166 Å². The average Bonchev–Trinajstić information content (AvgIpc) is 2.72. The van der Waals surface area contributed by atoms with E-state index in [1.165, 1.54) is 26.9 Å². The summed E-state index contributed by atoms with van der Waals surface area (Å²) >= 11 is 0. The van der Waals surface area contributed by atoms with Crippen LogP contribution in [0.2, 0.25) is 0 Å². The van der Waals surface area contributed by atoms with Gasteiger partial charge in [-0.15, -0.1) is 0 Å². The van der Waals surface area contributed by atoms with Crippen molar-refractivity contribution in [2.45, 2.75) is 25.0 Å². The van der Waals surface area contributed by atoms with Crippen LogP contribution in [0.3, 0.4) is 0 Å². The molecule has 0 radical (unpaired) electrons. The maximum atomic E-state index is 13.0. The second kappa shape index (κ2) is 8.52. The van der Waals surface area contributed by atoms with Crippen molar-refractivity contribution in [3.8, 4) is 17.2 Å². The number of esters is 1. The number of methoxy groups -OCH3 is 3. The summed E-state index contributed by atoms with van der Waals surface area (Å²) in [6.45, 7) is 0. The summed E-state index contributed by atoms with van der Waals surface area (Å²) in [7, 11) is 8.59. The topological polar surface area (TPSA) is 57.2 Å². The summed E-state index contributed by atoms with van der Waals surface area (Å²) in [5.41, 5.74) is 2.64. The molecule has 2 aromatic rings. The largest absolute Gasteiger partial charge is 0.493 e. The van der Waals surface area contributed by atoms with Crippen LogP contribution < -0.4 is 14.2 Å². The minimum atomic E-state index is -0.423. The number of fused-ring (bicyclic) bond motifs is 1. The quantitative estimate of drug-likeness (QED) is 0.710. The molecule has 1 aliphatic carbocycles. The van der Waals surface area contributed by atoms with Gasteiger partial charge in [-0.3, -0.25) is 0 Å². The first-order valence-electron chi connectivity index (χ1n) is 9.25. The van der Waals surface area contributed by atoms with Crippen LogP contribution in [0, 0.1) is 0 Å². The third-order valence-corrected chi connectivity index (χ3v) is 5.22. The van der Waals surface area contributed by atoms with Gasteiger partial charge in [0.25, 0.3) is 0 Å². The number of hydrogen-bond donors (Lipinski definition) is 0. The number of carbonyl (C=O) groups excluding carboxylic acids is 1. The van der Waals surface area contributed by atoms with Crippen LogP contribution in [-0.4, -0.2) is 52.3 Å². The molecule has 0 heterocycles. The van der Waals surface area contributed by atoms with Crippen molar-refractivity contribution in [3.05, 3.63) is 53.1 Å². The van der Waals surface area contributed by atoms with Crippen LogP contribution in [0.25, 0.3) is 0 Å². The molecule has 28 heavy (non-hydrogen) atoms. The lowest BCUT2D eigenvalue weighted by Crippen LogP contribution is -2.39. The van der Waals surface area contributed by atoms with E-state index in [1.54, 1.807) is 12.1 Å². The zero-order chi connectivity index (χ0) is 20.3. The fourth-order valence-corrected chi connectivity index (χ4v) is 3.75. The van der Waals surface area contributed by atoms with Crippen molar-refractivity contribution in [2.75, 3.05) is 35.4 Å². The van der Waals surface area contributed by atoms with E-state index < -0.39 is 5.97 Å². The van der Waals surface area contributed by atoms with Crippen molar-refractivity contribution >= 4 is 5.97 Å². The Kier molecular flexibility index (Phi) is 6.09. The van der Waals surface area contributed by atoms with Crippen molar-refractivity contribution in [1.82, 2.24) is 4.90 Å². The molecule has 0 saturated heterocycles. The van der Waals surface area contributed by atoms with Crippen LogP contribution in [0.4, 0.5) is 0 Å². The molecule has 0 saturated carbocycles. The molecule has 6 nitrogen and oxygen atoms in total. The van der Waals surface area contributed by atoms with Crippen LogP contribution >= 0.6 is 0 Å². The summed E-state index contributed by atoms with van der Waals surface area (Å²) in [6.07, 6.45) is 1.56. The highest BCUT2D eigenvalue weighted by molar-refractivity contribution is 5.91. The molecule has 2 aromatic carbocycles.